The van der Waals surface area contributed by atoms with Gasteiger partial charge in [-0.2, -0.15) is 0 Å². The lowest BCUT2D eigenvalue weighted by Crippen LogP contribution is -2.47. The van der Waals surface area contributed by atoms with Crippen LogP contribution >= 0.6 is 0 Å². The van der Waals surface area contributed by atoms with Crippen molar-refractivity contribution in [2.24, 2.45) is 17.8 Å². The highest BCUT2D eigenvalue weighted by atomic mass is 16.7. The highest BCUT2D eigenvalue weighted by Gasteiger charge is 2.38. The van der Waals surface area contributed by atoms with Gasteiger partial charge in [-0.25, -0.2) is 14.6 Å². The number of methoxy groups -OCH3 is 1. The van der Waals surface area contributed by atoms with Crippen LogP contribution in [0, 0.1) is 17.8 Å². The van der Waals surface area contributed by atoms with Crippen LogP contribution in [0.5, 0.6) is 11.5 Å². The molecule has 2 heterocycles. The summed E-state index contributed by atoms with van der Waals surface area (Å²) in [4.78, 5) is 55.5. The summed E-state index contributed by atoms with van der Waals surface area (Å²) in [5.74, 6) is -1.77. The first-order chi connectivity index (χ1) is 21.1. The first-order valence-electron chi connectivity index (χ1n) is 15.8. The van der Waals surface area contributed by atoms with Crippen LogP contribution in [-0.2, 0) is 33.3 Å². The number of pyridine rings is 1. The number of carbonyl (C=O) groups excluding carboxylic acids is 4. The number of hydrogen-bond donors (Lipinski definition) is 1. The van der Waals surface area contributed by atoms with Crippen LogP contribution in [0.4, 0.5) is 0 Å². The van der Waals surface area contributed by atoms with Gasteiger partial charge in [0.2, 0.25) is 6.79 Å². The predicted molar refractivity (Wildman–Crippen MR) is 159 cm³/mol. The number of carbonyl (C=O) groups is 4. The number of hydrogen-bond acceptors (Lipinski definition) is 11. The maximum atomic E-state index is 13.4. The Morgan fingerprint density at radius 1 is 1.09 bits per heavy atom. The molecule has 1 aliphatic heterocycles. The number of aromatic nitrogens is 1. The van der Waals surface area contributed by atoms with Crippen LogP contribution in [0.15, 0.2) is 12.3 Å². The van der Waals surface area contributed by atoms with Gasteiger partial charge in [0.25, 0.3) is 5.91 Å². The summed E-state index contributed by atoms with van der Waals surface area (Å²) in [5, 5.41) is 2.74. The fourth-order valence-corrected chi connectivity index (χ4v) is 5.77. The van der Waals surface area contributed by atoms with Crippen molar-refractivity contribution >= 4 is 23.8 Å². The lowest BCUT2D eigenvalue weighted by Gasteiger charge is -2.35. The highest BCUT2D eigenvalue weighted by molar-refractivity contribution is 5.98. The molecule has 1 aromatic heterocycles. The Morgan fingerprint density at radius 2 is 1.80 bits per heavy atom. The molecule has 12 heteroatoms. The molecule has 1 aromatic rings. The van der Waals surface area contributed by atoms with Crippen molar-refractivity contribution in [3.05, 3.63) is 18.0 Å². The van der Waals surface area contributed by atoms with E-state index >= 15 is 0 Å². The van der Waals surface area contributed by atoms with E-state index in [1.165, 1.54) is 45.1 Å². The van der Waals surface area contributed by atoms with Gasteiger partial charge in [0, 0.05) is 18.9 Å². The number of nitrogens with one attached hydrogen (secondary N) is 1. The van der Waals surface area contributed by atoms with Crippen molar-refractivity contribution < 1.29 is 47.6 Å². The van der Waals surface area contributed by atoms with Crippen molar-refractivity contribution in [1.29, 1.82) is 0 Å². The number of cyclic esters (lactones) is 1. The Balaban J connectivity index is 1.74. The van der Waals surface area contributed by atoms with Gasteiger partial charge in [-0.15, -0.1) is 0 Å². The Kier molecular flexibility index (Phi) is 14.2. The summed E-state index contributed by atoms with van der Waals surface area (Å²) >= 11 is 0. The molecule has 0 bridgehead atoms. The zero-order valence-electron chi connectivity index (χ0n) is 26.6. The van der Waals surface area contributed by atoms with E-state index in [4.69, 9.17) is 28.4 Å². The quantitative estimate of drug-likeness (QED) is 0.190. The van der Waals surface area contributed by atoms with Crippen molar-refractivity contribution in [1.82, 2.24) is 10.3 Å². The van der Waals surface area contributed by atoms with Gasteiger partial charge in [0.05, 0.1) is 13.0 Å². The van der Waals surface area contributed by atoms with E-state index in [9.17, 15) is 19.2 Å². The zero-order valence-corrected chi connectivity index (χ0v) is 26.6. The summed E-state index contributed by atoms with van der Waals surface area (Å²) in [6.45, 7) is 6.68. The molecule has 246 valence electrons. The maximum Gasteiger partial charge on any atom is 0.334 e. The minimum atomic E-state index is -0.970. The van der Waals surface area contributed by atoms with Gasteiger partial charge in [-0.05, 0) is 44.9 Å². The SMILES string of the molecule is CCOCC(=O)OCOc1c(OC)ccnc1C(=O)N[C@H]1CCCC[C@H](CC2CCCC2)[C@@H](OC(=O)C(C)C)[C@H](C)OC1=O. The number of esters is 3. The second-order valence-corrected chi connectivity index (χ2v) is 11.8. The molecule has 0 spiro atoms. The Bertz CT molecular complexity index is 1100. The molecule has 1 aliphatic carbocycles. The van der Waals surface area contributed by atoms with Gasteiger partial charge < -0.3 is 33.7 Å². The van der Waals surface area contributed by atoms with Crippen LogP contribution < -0.4 is 14.8 Å². The molecule has 0 aromatic carbocycles. The largest absolute Gasteiger partial charge is 0.493 e. The fourth-order valence-electron chi connectivity index (χ4n) is 5.77. The zero-order chi connectivity index (χ0) is 32.1. The molecule has 2 fully saturated rings. The third-order valence-corrected chi connectivity index (χ3v) is 8.12. The van der Waals surface area contributed by atoms with Crippen molar-refractivity contribution in [3.8, 4) is 11.5 Å². The van der Waals surface area contributed by atoms with E-state index in [0.29, 0.717) is 25.4 Å². The molecule has 3 rings (SSSR count). The maximum absolute atomic E-state index is 13.4. The minimum absolute atomic E-state index is 0.0475. The molecule has 1 amide bonds. The molecule has 0 radical (unpaired) electrons. The Hall–Kier alpha value is -3.41. The molecule has 4 atom stereocenters. The van der Waals surface area contributed by atoms with Crippen LogP contribution in [0.1, 0.15) is 96.0 Å². The monoisotopic (exact) mass is 620 g/mol. The van der Waals surface area contributed by atoms with Crippen molar-refractivity contribution in [2.75, 3.05) is 27.1 Å². The summed E-state index contributed by atoms with van der Waals surface area (Å²) in [6.07, 6.45) is 8.45. The first kappa shape index (κ1) is 35.1. The minimum Gasteiger partial charge on any atom is -0.493 e. The van der Waals surface area contributed by atoms with Crippen LogP contribution in [0.2, 0.25) is 0 Å². The second-order valence-electron chi connectivity index (χ2n) is 11.8. The van der Waals surface area contributed by atoms with Crippen molar-refractivity contribution in [2.45, 2.75) is 104 Å². The van der Waals surface area contributed by atoms with E-state index in [1.54, 1.807) is 27.7 Å². The molecule has 2 aliphatic rings. The number of amides is 1. The lowest BCUT2D eigenvalue weighted by molar-refractivity contribution is -0.176. The second kappa shape index (κ2) is 17.8. The summed E-state index contributed by atoms with van der Waals surface area (Å²) in [5.41, 5.74) is -0.150. The molecule has 1 saturated heterocycles. The number of rotatable bonds is 13. The van der Waals surface area contributed by atoms with Crippen molar-refractivity contribution in [3.63, 3.8) is 0 Å². The number of ether oxygens (including phenoxy) is 6. The van der Waals surface area contributed by atoms with E-state index < -0.39 is 42.9 Å². The first-order valence-corrected chi connectivity index (χ1v) is 15.8. The molecule has 1 N–H and O–H groups in total. The van der Waals surface area contributed by atoms with E-state index in [1.807, 2.05) is 0 Å². The Morgan fingerprint density at radius 3 is 2.48 bits per heavy atom. The van der Waals surface area contributed by atoms with Crippen LogP contribution in [-0.4, -0.2) is 74.2 Å². The summed E-state index contributed by atoms with van der Waals surface area (Å²) in [7, 11) is 1.40. The van der Waals surface area contributed by atoms with Gasteiger partial charge in [-0.3, -0.25) is 9.59 Å². The fraction of sp³-hybridized carbons (Fsp3) is 0.719. The lowest BCUT2D eigenvalue weighted by atomic mass is 9.83. The standard InChI is InChI=1S/C32H48N2O10/c1-6-40-18-26(35)41-19-42-29-25(39-5)15-16-33-27(29)30(36)34-24-14-10-9-13-23(17-22-11-7-8-12-22)28(21(4)43-32(24)38)44-31(37)20(2)3/h15-16,20-24,28H,6-14,17-19H2,1-5H3,(H,34,36)/t21-,23+,24-,28-/m0/s1. The van der Waals surface area contributed by atoms with Crippen LogP contribution in [0.3, 0.4) is 0 Å². The molecule has 44 heavy (non-hydrogen) atoms. The number of nitrogens with zero attached hydrogens (tertiary/aromatic N) is 1. The van der Waals surface area contributed by atoms with Crippen LogP contribution in [0.25, 0.3) is 0 Å². The van der Waals surface area contributed by atoms with Gasteiger partial charge >= 0.3 is 17.9 Å². The smallest absolute Gasteiger partial charge is 0.334 e. The summed E-state index contributed by atoms with van der Waals surface area (Å²) < 4.78 is 32.8. The molecule has 0 unspecified atom stereocenters. The van der Waals surface area contributed by atoms with Gasteiger partial charge in [0.1, 0.15) is 24.9 Å². The normalized spacial score (nSPS) is 23.0. The topological polar surface area (TPSA) is 149 Å². The molecular weight excluding hydrogens is 572 g/mol. The summed E-state index contributed by atoms with van der Waals surface area (Å²) in [6, 6.07) is 0.524. The third kappa shape index (κ3) is 10.3. The van der Waals surface area contributed by atoms with E-state index in [2.05, 4.69) is 10.3 Å². The third-order valence-electron chi connectivity index (χ3n) is 8.12. The molecule has 1 saturated carbocycles. The van der Waals surface area contributed by atoms with Gasteiger partial charge in [-0.1, -0.05) is 52.4 Å². The van der Waals surface area contributed by atoms with Gasteiger partial charge in [0.15, 0.2) is 17.2 Å². The predicted octanol–water partition coefficient (Wildman–Crippen LogP) is 4.37. The molecular formula is C32H48N2O10. The highest BCUT2D eigenvalue weighted by Crippen LogP contribution is 2.36. The molecule has 12 nitrogen and oxygen atoms in total. The van der Waals surface area contributed by atoms with E-state index in [-0.39, 0.29) is 41.6 Å². The van der Waals surface area contributed by atoms with E-state index in [0.717, 1.165) is 19.3 Å². The average Bonchev–Trinajstić information content (AvgIpc) is 3.52. The average molecular weight is 621 g/mol. The Labute approximate surface area is 259 Å².